The molecule has 148 valence electrons. The quantitative estimate of drug-likeness (QED) is 0.772. The average Bonchev–Trinajstić information content (AvgIpc) is 2.74. The smallest absolute Gasteiger partial charge is 0.340 e. The molecule has 0 atom stereocenters. The highest BCUT2D eigenvalue weighted by atomic mass is 16.5. The zero-order valence-electron chi connectivity index (χ0n) is 16.1. The predicted molar refractivity (Wildman–Crippen MR) is 106 cm³/mol. The van der Waals surface area contributed by atoms with Gasteiger partial charge in [-0.2, -0.15) is 0 Å². The molecule has 3 rings (SSSR count). The Bertz CT molecular complexity index is 846. The van der Waals surface area contributed by atoms with Gasteiger partial charge in [-0.25, -0.2) is 4.79 Å². The van der Waals surface area contributed by atoms with E-state index >= 15 is 0 Å². The van der Waals surface area contributed by atoms with E-state index in [1.165, 1.54) is 0 Å². The number of ether oxygens (including phenoxy) is 3. The van der Waals surface area contributed by atoms with E-state index in [-0.39, 0.29) is 12.5 Å². The molecule has 0 unspecified atom stereocenters. The van der Waals surface area contributed by atoms with Crippen LogP contribution in [0.5, 0.6) is 5.75 Å². The molecule has 0 aromatic heterocycles. The monoisotopic (exact) mass is 384 g/mol. The van der Waals surface area contributed by atoms with Gasteiger partial charge in [0.2, 0.25) is 0 Å². The van der Waals surface area contributed by atoms with Crippen LogP contribution >= 0.6 is 0 Å². The van der Waals surface area contributed by atoms with Crippen LogP contribution in [0.25, 0.3) is 0 Å². The van der Waals surface area contributed by atoms with Crippen LogP contribution in [0.4, 0.5) is 11.4 Å². The second-order valence-corrected chi connectivity index (χ2v) is 6.24. The van der Waals surface area contributed by atoms with Crippen molar-refractivity contribution >= 4 is 23.3 Å². The number of nitrogens with one attached hydrogen (secondary N) is 1. The van der Waals surface area contributed by atoms with E-state index in [4.69, 9.17) is 14.2 Å². The Labute approximate surface area is 164 Å². The molecule has 0 spiro atoms. The number of methoxy groups -OCH3 is 1. The number of anilines is 2. The molecule has 1 amide bonds. The minimum atomic E-state index is -0.415. The molecule has 1 aliphatic heterocycles. The van der Waals surface area contributed by atoms with E-state index in [0.29, 0.717) is 48.9 Å². The molecule has 2 aromatic carbocycles. The van der Waals surface area contributed by atoms with Crippen molar-refractivity contribution in [2.45, 2.75) is 6.92 Å². The van der Waals surface area contributed by atoms with Crippen molar-refractivity contribution in [2.24, 2.45) is 0 Å². The molecule has 0 saturated carbocycles. The maximum atomic E-state index is 12.6. The average molecular weight is 384 g/mol. The summed E-state index contributed by atoms with van der Waals surface area (Å²) in [5.74, 6) is -0.100. The van der Waals surface area contributed by atoms with Crippen molar-refractivity contribution in [3.8, 4) is 5.75 Å². The lowest BCUT2D eigenvalue weighted by molar-refractivity contribution is 0.0526. The summed E-state index contributed by atoms with van der Waals surface area (Å²) >= 11 is 0. The van der Waals surface area contributed by atoms with Crippen molar-refractivity contribution in [2.75, 3.05) is 50.2 Å². The zero-order valence-corrected chi connectivity index (χ0v) is 16.1. The number of hydrogen-bond acceptors (Lipinski definition) is 6. The Morgan fingerprint density at radius 2 is 1.93 bits per heavy atom. The molecule has 1 N–H and O–H groups in total. The summed E-state index contributed by atoms with van der Waals surface area (Å²) in [4.78, 5) is 27.1. The van der Waals surface area contributed by atoms with E-state index in [1.54, 1.807) is 50.4 Å². The van der Waals surface area contributed by atoms with Crippen LogP contribution in [0, 0.1) is 0 Å². The molecule has 28 heavy (non-hydrogen) atoms. The fraction of sp³-hybridized carbons (Fsp3) is 0.333. The first-order valence-corrected chi connectivity index (χ1v) is 9.21. The van der Waals surface area contributed by atoms with Crippen LogP contribution in [0.2, 0.25) is 0 Å². The molecular weight excluding hydrogens is 360 g/mol. The van der Waals surface area contributed by atoms with E-state index in [1.807, 2.05) is 6.07 Å². The minimum absolute atomic E-state index is 0.280. The van der Waals surface area contributed by atoms with Crippen molar-refractivity contribution in [1.29, 1.82) is 0 Å². The Hall–Kier alpha value is -3.06. The number of hydrogen-bond donors (Lipinski definition) is 1. The molecule has 7 nitrogen and oxygen atoms in total. The van der Waals surface area contributed by atoms with Crippen molar-refractivity contribution < 1.29 is 23.8 Å². The molecule has 0 aliphatic carbocycles. The van der Waals surface area contributed by atoms with E-state index in [0.717, 1.165) is 5.69 Å². The van der Waals surface area contributed by atoms with E-state index in [2.05, 4.69) is 10.2 Å². The third-order valence-corrected chi connectivity index (χ3v) is 4.43. The van der Waals surface area contributed by atoms with Gasteiger partial charge in [-0.05, 0) is 43.3 Å². The Balaban J connectivity index is 1.85. The fourth-order valence-corrected chi connectivity index (χ4v) is 3.03. The molecule has 7 heteroatoms. The Morgan fingerprint density at radius 3 is 2.64 bits per heavy atom. The zero-order chi connectivity index (χ0) is 19.9. The lowest BCUT2D eigenvalue weighted by atomic mass is 10.1. The lowest BCUT2D eigenvalue weighted by Crippen LogP contribution is -2.37. The molecule has 0 radical (unpaired) electrons. The van der Waals surface area contributed by atoms with Crippen LogP contribution in [-0.2, 0) is 9.47 Å². The Morgan fingerprint density at radius 1 is 1.14 bits per heavy atom. The minimum Gasteiger partial charge on any atom is -0.497 e. The van der Waals surface area contributed by atoms with Gasteiger partial charge in [0.1, 0.15) is 5.75 Å². The molecular formula is C21H24N2O5. The molecule has 2 aromatic rings. The van der Waals surface area contributed by atoms with Crippen molar-refractivity contribution in [3.05, 3.63) is 53.6 Å². The number of nitrogens with zero attached hydrogens (tertiary/aromatic N) is 1. The highest BCUT2D eigenvalue weighted by molar-refractivity contribution is 6.05. The molecule has 1 heterocycles. The van der Waals surface area contributed by atoms with Crippen molar-refractivity contribution in [3.63, 3.8) is 0 Å². The van der Waals surface area contributed by atoms with Gasteiger partial charge >= 0.3 is 5.97 Å². The highest BCUT2D eigenvalue weighted by Gasteiger charge is 2.21. The van der Waals surface area contributed by atoms with Gasteiger partial charge in [-0.3, -0.25) is 4.79 Å². The highest BCUT2D eigenvalue weighted by Crippen LogP contribution is 2.27. The standard InChI is InChI=1S/C21H24N2O5/c1-3-28-21(25)18-14-16(7-8-19(18)23-9-11-27-12-10-23)22-20(24)15-5-4-6-17(13-15)26-2/h4-8,13-14H,3,9-12H2,1-2H3,(H,22,24). The summed E-state index contributed by atoms with van der Waals surface area (Å²) in [5.41, 5.74) is 2.19. The van der Waals surface area contributed by atoms with Gasteiger partial charge < -0.3 is 24.4 Å². The van der Waals surface area contributed by atoms with Gasteiger partial charge in [0, 0.05) is 24.3 Å². The van der Waals surface area contributed by atoms with E-state index in [9.17, 15) is 9.59 Å². The van der Waals surface area contributed by atoms with Crippen LogP contribution < -0.4 is 15.0 Å². The number of carbonyl (C=O) groups is 2. The van der Waals surface area contributed by atoms with Gasteiger partial charge in [0.15, 0.2) is 0 Å². The van der Waals surface area contributed by atoms with Gasteiger partial charge in [-0.15, -0.1) is 0 Å². The third-order valence-electron chi connectivity index (χ3n) is 4.43. The first-order valence-electron chi connectivity index (χ1n) is 9.21. The van der Waals surface area contributed by atoms with Crippen molar-refractivity contribution in [1.82, 2.24) is 0 Å². The number of amides is 1. The first-order chi connectivity index (χ1) is 13.6. The normalized spacial score (nSPS) is 13.7. The largest absolute Gasteiger partial charge is 0.497 e. The maximum absolute atomic E-state index is 12.6. The molecule has 0 bridgehead atoms. The third kappa shape index (κ3) is 4.61. The molecule has 1 saturated heterocycles. The summed E-state index contributed by atoms with van der Waals surface area (Å²) in [6.07, 6.45) is 0. The van der Waals surface area contributed by atoms with Crippen LogP contribution in [-0.4, -0.2) is 51.9 Å². The summed E-state index contributed by atoms with van der Waals surface area (Å²) in [7, 11) is 1.55. The van der Waals surface area contributed by atoms with Gasteiger partial charge in [0.25, 0.3) is 5.91 Å². The SMILES string of the molecule is CCOC(=O)c1cc(NC(=O)c2cccc(OC)c2)ccc1N1CCOCC1. The summed E-state index contributed by atoms with van der Waals surface area (Å²) in [6, 6.07) is 12.1. The van der Waals surface area contributed by atoms with E-state index < -0.39 is 5.97 Å². The molecule has 1 aliphatic rings. The summed E-state index contributed by atoms with van der Waals surface area (Å²) < 4.78 is 15.8. The fourth-order valence-electron chi connectivity index (χ4n) is 3.03. The topological polar surface area (TPSA) is 77.1 Å². The van der Waals surface area contributed by atoms with Gasteiger partial charge in [-0.1, -0.05) is 6.07 Å². The number of carbonyl (C=O) groups excluding carboxylic acids is 2. The first kappa shape index (κ1) is 19.7. The molecule has 1 fully saturated rings. The summed E-state index contributed by atoms with van der Waals surface area (Å²) in [6.45, 7) is 4.65. The number of morpholine rings is 1. The lowest BCUT2D eigenvalue weighted by Gasteiger charge is -2.30. The number of esters is 1. The van der Waals surface area contributed by atoms with Crippen LogP contribution in [0.15, 0.2) is 42.5 Å². The maximum Gasteiger partial charge on any atom is 0.340 e. The number of benzene rings is 2. The summed E-state index contributed by atoms with van der Waals surface area (Å²) in [5, 5.41) is 2.83. The number of rotatable bonds is 6. The van der Waals surface area contributed by atoms with Crippen LogP contribution in [0.3, 0.4) is 0 Å². The van der Waals surface area contributed by atoms with Gasteiger partial charge in [0.05, 0.1) is 38.2 Å². The second-order valence-electron chi connectivity index (χ2n) is 6.24. The second kappa shape index (κ2) is 9.23. The predicted octanol–water partition coefficient (Wildman–Crippen LogP) is 2.96. The Kier molecular flexibility index (Phi) is 6.49. The van der Waals surface area contributed by atoms with Crippen LogP contribution in [0.1, 0.15) is 27.6 Å².